The van der Waals surface area contributed by atoms with Crippen LogP contribution in [0.1, 0.15) is 26.7 Å². The van der Waals surface area contributed by atoms with Gasteiger partial charge in [0.15, 0.2) is 0 Å². The molecule has 0 aliphatic rings. The standard InChI is InChI=1S/C6H14N.C2H6N.2K/c1-3-5-7-6-4-2;1-3-2;;/h3-6H2,1-2H3;1-2H3;;/q2*-1;2*+1. The van der Waals surface area contributed by atoms with Crippen LogP contribution < -0.4 is 103 Å². The van der Waals surface area contributed by atoms with Crippen molar-refractivity contribution in [3.05, 3.63) is 10.6 Å². The van der Waals surface area contributed by atoms with Gasteiger partial charge in [0.25, 0.3) is 0 Å². The van der Waals surface area contributed by atoms with E-state index in [-0.39, 0.29) is 103 Å². The van der Waals surface area contributed by atoms with Crippen molar-refractivity contribution in [3.8, 4) is 0 Å². The third kappa shape index (κ3) is 37.9. The minimum absolute atomic E-state index is 0. The maximum absolute atomic E-state index is 4.21. The van der Waals surface area contributed by atoms with Crippen molar-refractivity contribution in [1.82, 2.24) is 0 Å². The number of nitrogens with zero attached hydrogens (tertiary/aromatic N) is 2. The van der Waals surface area contributed by atoms with Gasteiger partial charge >= 0.3 is 103 Å². The molecule has 4 heteroatoms. The molecule has 0 aromatic heterocycles. The second-order valence-corrected chi connectivity index (χ2v) is 2.12. The maximum atomic E-state index is 4.21. The first-order valence-electron chi connectivity index (χ1n) is 3.94. The Kier molecular flexibility index (Phi) is 59.5. The van der Waals surface area contributed by atoms with Crippen molar-refractivity contribution < 1.29 is 103 Å². The summed E-state index contributed by atoms with van der Waals surface area (Å²) in [6.07, 6.45) is 2.39. The average molecular weight is 222 g/mol. The third-order valence-corrected chi connectivity index (χ3v) is 0.763. The van der Waals surface area contributed by atoms with Crippen molar-refractivity contribution >= 4 is 0 Å². The quantitative estimate of drug-likeness (QED) is 0.354. The molecule has 0 saturated carbocycles. The molecule has 0 bridgehead atoms. The number of hydrogen-bond acceptors (Lipinski definition) is 0. The van der Waals surface area contributed by atoms with Crippen LogP contribution in [0.15, 0.2) is 0 Å². The van der Waals surface area contributed by atoms with E-state index >= 15 is 0 Å². The predicted molar refractivity (Wildman–Crippen MR) is 48.9 cm³/mol. The van der Waals surface area contributed by atoms with E-state index in [1.54, 1.807) is 14.1 Å². The zero-order chi connectivity index (χ0) is 8.24. The molecule has 12 heavy (non-hydrogen) atoms. The van der Waals surface area contributed by atoms with Gasteiger partial charge in [-0.2, -0.15) is 14.1 Å². The summed E-state index contributed by atoms with van der Waals surface area (Å²) in [6, 6.07) is 0. The molecule has 0 unspecified atom stereocenters. The molecule has 0 aliphatic carbocycles. The maximum Gasteiger partial charge on any atom is 1.00 e. The molecule has 0 fully saturated rings. The SMILES string of the molecule is CCC[N-]CCC.C[N-]C.[K+].[K+]. The van der Waals surface area contributed by atoms with Crippen LogP contribution in [-0.2, 0) is 0 Å². The van der Waals surface area contributed by atoms with Gasteiger partial charge in [0, 0.05) is 0 Å². The van der Waals surface area contributed by atoms with Crippen LogP contribution in [0.5, 0.6) is 0 Å². The number of hydrogen-bond donors (Lipinski definition) is 0. The summed E-state index contributed by atoms with van der Waals surface area (Å²) >= 11 is 0. The first-order valence-corrected chi connectivity index (χ1v) is 3.94. The third-order valence-electron chi connectivity index (χ3n) is 0.763. The van der Waals surface area contributed by atoms with Crippen molar-refractivity contribution in [2.75, 3.05) is 27.2 Å². The van der Waals surface area contributed by atoms with Gasteiger partial charge in [0.1, 0.15) is 0 Å². The Morgan fingerprint density at radius 2 is 1.08 bits per heavy atom. The Labute approximate surface area is 163 Å². The summed E-state index contributed by atoms with van der Waals surface area (Å²) in [5.41, 5.74) is 0. The van der Waals surface area contributed by atoms with Gasteiger partial charge in [-0.1, -0.05) is 26.7 Å². The summed E-state index contributed by atoms with van der Waals surface area (Å²) in [4.78, 5) is 0. The van der Waals surface area contributed by atoms with E-state index in [1.807, 2.05) is 0 Å². The Bertz CT molecular complexity index is 42.0. The van der Waals surface area contributed by atoms with Gasteiger partial charge in [-0.05, 0) is 0 Å². The van der Waals surface area contributed by atoms with Crippen LogP contribution in [0.4, 0.5) is 0 Å². The second-order valence-electron chi connectivity index (χ2n) is 2.12. The van der Waals surface area contributed by atoms with E-state index in [9.17, 15) is 0 Å². The summed E-state index contributed by atoms with van der Waals surface area (Å²) in [6.45, 7) is 6.40. The average Bonchev–Trinajstić information content (AvgIpc) is 1.91. The fourth-order valence-electron chi connectivity index (χ4n) is 0.428. The van der Waals surface area contributed by atoms with E-state index in [1.165, 1.54) is 12.8 Å². The Hall–Kier alpha value is 3.19. The zero-order valence-corrected chi connectivity index (χ0v) is 16.0. The summed E-state index contributed by atoms with van der Waals surface area (Å²) < 4.78 is 0. The minimum atomic E-state index is 0. The fourth-order valence-corrected chi connectivity index (χ4v) is 0.428. The smallest absolute Gasteiger partial charge is 0.668 e. The molecule has 0 heterocycles. The van der Waals surface area contributed by atoms with Crippen LogP contribution in [0.3, 0.4) is 0 Å². The molecule has 64 valence electrons. The van der Waals surface area contributed by atoms with E-state index in [2.05, 4.69) is 24.5 Å². The minimum Gasteiger partial charge on any atom is -0.668 e. The van der Waals surface area contributed by atoms with E-state index in [0.29, 0.717) is 0 Å². The Balaban J connectivity index is -0.0000000569. The largest absolute Gasteiger partial charge is 1.00 e. The molecular formula is C8H20K2N2. The van der Waals surface area contributed by atoms with Crippen molar-refractivity contribution in [1.29, 1.82) is 0 Å². The first kappa shape index (κ1) is 24.4. The van der Waals surface area contributed by atoms with Crippen LogP contribution >= 0.6 is 0 Å². The molecule has 0 saturated heterocycles. The van der Waals surface area contributed by atoms with E-state index < -0.39 is 0 Å². The molecule has 0 aromatic rings. The van der Waals surface area contributed by atoms with Crippen molar-refractivity contribution in [3.63, 3.8) is 0 Å². The molecule has 0 radical (unpaired) electrons. The Morgan fingerprint density at radius 1 is 0.833 bits per heavy atom. The van der Waals surface area contributed by atoms with Gasteiger partial charge in [0.2, 0.25) is 0 Å². The Morgan fingerprint density at radius 3 is 1.25 bits per heavy atom. The molecular weight excluding hydrogens is 202 g/mol. The summed E-state index contributed by atoms with van der Waals surface area (Å²) in [7, 11) is 3.50. The molecule has 0 aromatic carbocycles. The van der Waals surface area contributed by atoms with Gasteiger partial charge in [-0.25, -0.2) is 0 Å². The molecule has 0 rings (SSSR count). The van der Waals surface area contributed by atoms with Crippen LogP contribution in [0.25, 0.3) is 10.6 Å². The fraction of sp³-hybridized carbons (Fsp3) is 1.00. The zero-order valence-electron chi connectivity index (χ0n) is 9.72. The molecule has 0 N–H and O–H groups in total. The monoisotopic (exact) mass is 222 g/mol. The van der Waals surface area contributed by atoms with Crippen molar-refractivity contribution in [2.45, 2.75) is 26.7 Å². The predicted octanol–water partition coefficient (Wildman–Crippen LogP) is -3.19. The molecule has 0 atom stereocenters. The molecule has 2 nitrogen and oxygen atoms in total. The summed E-state index contributed by atoms with van der Waals surface area (Å²) in [5, 5.41) is 7.71. The van der Waals surface area contributed by atoms with Crippen LogP contribution in [0, 0.1) is 0 Å². The van der Waals surface area contributed by atoms with Gasteiger partial charge < -0.3 is 10.6 Å². The second kappa shape index (κ2) is 29.2. The van der Waals surface area contributed by atoms with E-state index in [0.717, 1.165) is 13.1 Å². The normalized spacial score (nSPS) is 7.00. The number of rotatable bonds is 4. The first-order chi connectivity index (χ1) is 4.83. The summed E-state index contributed by atoms with van der Waals surface area (Å²) in [5.74, 6) is 0. The van der Waals surface area contributed by atoms with Gasteiger partial charge in [-0.15, -0.1) is 13.1 Å². The van der Waals surface area contributed by atoms with Gasteiger partial charge in [0.05, 0.1) is 0 Å². The topological polar surface area (TPSA) is 28.2 Å². The van der Waals surface area contributed by atoms with Crippen LogP contribution in [0.2, 0.25) is 0 Å². The molecule has 0 aliphatic heterocycles. The van der Waals surface area contributed by atoms with E-state index in [4.69, 9.17) is 0 Å². The van der Waals surface area contributed by atoms with Gasteiger partial charge in [-0.3, -0.25) is 0 Å². The molecule has 0 amide bonds. The molecule has 0 spiro atoms. The van der Waals surface area contributed by atoms with Crippen molar-refractivity contribution in [2.24, 2.45) is 0 Å². The van der Waals surface area contributed by atoms with Crippen LogP contribution in [-0.4, -0.2) is 27.2 Å².